The van der Waals surface area contributed by atoms with Crippen molar-refractivity contribution in [2.45, 2.75) is 32.8 Å². The van der Waals surface area contributed by atoms with Crippen molar-refractivity contribution in [2.24, 2.45) is 0 Å². The first-order valence-corrected chi connectivity index (χ1v) is 9.45. The summed E-state index contributed by atoms with van der Waals surface area (Å²) < 4.78 is 5.55. The first-order valence-electron chi connectivity index (χ1n) is 9.45. The van der Waals surface area contributed by atoms with Crippen LogP contribution < -0.4 is 5.32 Å². The van der Waals surface area contributed by atoms with Gasteiger partial charge in [-0.3, -0.25) is 19.3 Å². The number of fused-ring (bicyclic) bond motifs is 1. The van der Waals surface area contributed by atoms with Gasteiger partial charge in [0.15, 0.2) is 0 Å². The largest absolute Gasteiger partial charge is 0.376 e. The summed E-state index contributed by atoms with van der Waals surface area (Å²) in [5.41, 5.74) is 3.76. The highest BCUT2D eigenvalue weighted by atomic mass is 16.5. The van der Waals surface area contributed by atoms with Crippen molar-refractivity contribution in [3.8, 4) is 0 Å². The molecule has 1 saturated heterocycles. The van der Waals surface area contributed by atoms with E-state index in [0.29, 0.717) is 17.7 Å². The third kappa shape index (κ3) is 3.20. The van der Waals surface area contributed by atoms with Crippen molar-refractivity contribution in [2.75, 3.05) is 18.5 Å². The van der Waals surface area contributed by atoms with Crippen LogP contribution >= 0.6 is 0 Å². The second-order valence-electron chi connectivity index (χ2n) is 7.32. The van der Waals surface area contributed by atoms with Crippen molar-refractivity contribution in [3.63, 3.8) is 0 Å². The zero-order chi connectivity index (χ0) is 19.8. The molecule has 6 nitrogen and oxygen atoms in total. The Balaban J connectivity index is 1.55. The molecule has 2 aliphatic rings. The molecule has 1 fully saturated rings. The minimum atomic E-state index is -0.364. The Morgan fingerprint density at radius 2 is 1.93 bits per heavy atom. The molecule has 2 aliphatic heterocycles. The minimum absolute atomic E-state index is 0.103. The van der Waals surface area contributed by atoms with E-state index in [-0.39, 0.29) is 35.9 Å². The standard InChI is InChI=1S/C22H22N2O4/c1-13-5-3-7-19(14(13)2)23-20(25)15-8-9-17-18(11-15)22(27)24(21(17)26)12-16-6-4-10-28-16/h3,5,7-9,11,16H,4,6,10,12H2,1-2H3,(H,23,25). The molecule has 1 unspecified atom stereocenters. The lowest BCUT2D eigenvalue weighted by molar-refractivity contribution is 0.0475. The van der Waals surface area contributed by atoms with Crippen molar-refractivity contribution >= 4 is 23.4 Å². The summed E-state index contributed by atoms with van der Waals surface area (Å²) in [5.74, 6) is -0.997. The molecule has 6 heteroatoms. The number of nitrogens with zero attached hydrogens (tertiary/aromatic N) is 1. The normalized spacial score (nSPS) is 18.5. The summed E-state index contributed by atoms with van der Waals surface area (Å²) in [5, 5.41) is 2.89. The number of carbonyl (C=O) groups excluding carboxylic acids is 3. The lowest BCUT2D eigenvalue weighted by Gasteiger charge is -2.17. The maximum absolute atomic E-state index is 12.7. The van der Waals surface area contributed by atoms with Gasteiger partial charge in [0.25, 0.3) is 17.7 Å². The molecular weight excluding hydrogens is 356 g/mol. The molecule has 0 spiro atoms. The second kappa shape index (κ2) is 7.20. The number of carbonyl (C=O) groups is 3. The third-order valence-corrected chi connectivity index (χ3v) is 5.50. The van der Waals surface area contributed by atoms with Gasteiger partial charge in [0, 0.05) is 17.9 Å². The monoisotopic (exact) mass is 378 g/mol. The van der Waals surface area contributed by atoms with Crippen molar-refractivity contribution in [3.05, 3.63) is 64.2 Å². The fourth-order valence-corrected chi connectivity index (χ4v) is 3.67. The molecule has 0 bridgehead atoms. The van der Waals surface area contributed by atoms with Gasteiger partial charge in [-0.25, -0.2) is 0 Å². The number of hydrogen-bond donors (Lipinski definition) is 1. The molecule has 0 saturated carbocycles. The molecule has 2 aromatic rings. The van der Waals surface area contributed by atoms with Gasteiger partial charge in [-0.2, -0.15) is 0 Å². The minimum Gasteiger partial charge on any atom is -0.376 e. The number of aryl methyl sites for hydroxylation is 1. The highest BCUT2D eigenvalue weighted by molar-refractivity contribution is 6.22. The molecule has 4 rings (SSSR count). The Bertz CT molecular complexity index is 976. The van der Waals surface area contributed by atoms with Crippen LogP contribution in [0.4, 0.5) is 5.69 Å². The molecule has 0 aliphatic carbocycles. The van der Waals surface area contributed by atoms with Crippen LogP contribution in [0.5, 0.6) is 0 Å². The van der Waals surface area contributed by atoms with E-state index in [2.05, 4.69) is 5.32 Å². The lowest BCUT2D eigenvalue weighted by atomic mass is 10.0. The maximum atomic E-state index is 12.7. The summed E-state index contributed by atoms with van der Waals surface area (Å²) in [7, 11) is 0. The predicted octanol–water partition coefficient (Wildman–Crippen LogP) is 3.33. The highest BCUT2D eigenvalue weighted by Crippen LogP contribution is 2.27. The number of anilines is 1. The topological polar surface area (TPSA) is 75.7 Å². The van der Waals surface area contributed by atoms with Crippen LogP contribution in [0.2, 0.25) is 0 Å². The van der Waals surface area contributed by atoms with E-state index in [1.807, 2.05) is 32.0 Å². The van der Waals surface area contributed by atoms with E-state index >= 15 is 0 Å². The van der Waals surface area contributed by atoms with Crippen LogP contribution in [0.15, 0.2) is 36.4 Å². The Kier molecular flexibility index (Phi) is 4.73. The number of ether oxygens (including phenoxy) is 1. The molecule has 28 heavy (non-hydrogen) atoms. The third-order valence-electron chi connectivity index (χ3n) is 5.50. The fraction of sp³-hybridized carbons (Fsp3) is 0.318. The molecule has 0 radical (unpaired) electrons. The van der Waals surface area contributed by atoms with Crippen LogP contribution in [-0.2, 0) is 4.74 Å². The summed E-state index contributed by atoms with van der Waals surface area (Å²) in [6.07, 6.45) is 1.68. The molecule has 0 aromatic heterocycles. The number of benzene rings is 2. The van der Waals surface area contributed by atoms with Crippen molar-refractivity contribution < 1.29 is 19.1 Å². The Morgan fingerprint density at radius 1 is 1.14 bits per heavy atom. The van der Waals surface area contributed by atoms with Crippen LogP contribution in [-0.4, -0.2) is 41.9 Å². The van der Waals surface area contributed by atoms with E-state index < -0.39 is 0 Å². The zero-order valence-electron chi connectivity index (χ0n) is 16.0. The van der Waals surface area contributed by atoms with Gasteiger partial charge in [-0.05, 0) is 62.1 Å². The van der Waals surface area contributed by atoms with Crippen molar-refractivity contribution in [1.82, 2.24) is 4.90 Å². The van der Waals surface area contributed by atoms with Crippen molar-refractivity contribution in [1.29, 1.82) is 0 Å². The number of amides is 3. The maximum Gasteiger partial charge on any atom is 0.261 e. The van der Waals surface area contributed by atoms with Gasteiger partial charge in [-0.15, -0.1) is 0 Å². The van der Waals surface area contributed by atoms with Gasteiger partial charge in [0.2, 0.25) is 0 Å². The Labute approximate surface area is 163 Å². The van der Waals surface area contributed by atoms with Gasteiger partial charge in [0.1, 0.15) is 0 Å². The van der Waals surface area contributed by atoms with E-state index in [1.165, 1.54) is 11.0 Å². The SMILES string of the molecule is Cc1cccc(NC(=O)c2ccc3c(c2)C(=O)N(CC2CCCO2)C3=O)c1C. The summed E-state index contributed by atoms with van der Waals surface area (Å²) in [4.78, 5) is 39.3. The molecular formula is C22H22N2O4. The molecule has 1 atom stereocenters. The van der Waals surface area contributed by atoms with Gasteiger partial charge in [-0.1, -0.05) is 12.1 Å². The number of hydrogen-bond acceptors (Lipinski definition) is 4. The quantitative estimate of drug-likeness (QED) is 0.828. The molecule has 3 amide bonds. The van der Waals surface area contributed by atoms with Crippen LogP contribution in [0, 0.1) is 13.8 Å². The van der Waals surface area contributed by atoms with Gasteiger partial charge in [0.05, 0.1) is 23.8 Å². The van der Waals surface area contributed by atoms with Gasteiger partial charge < -0.3 is 10.1 Å². The fourth-order valence-electron chi connectivity index (χ4n) is 3.67. The van der Waals surface area contributed by atoms with Gasteiger partial charge >= 0.3 is 0 Å². The first kappa shape index (κ1) is 18.4. The van der Waals surface area contributed by atoms with E-state index in [9.17, 15) is 14.4 Å². The van der Waals surface area contributed by atoms with Crippen LogP contribution in [0.3, 0.4) is 0 Å². The Hall–Kier alpha value is -2.99. The Morgan fingerprint density at radius 3 is 2.68 bits per heavy atom. The average molecular weight is 378 g/mol. The second-order valence-corrected chi connectivity index (χ2v) is 7.32. The average Bonchev–Trinajstić information content (AvgIpc) is 3.28. The van der Waals surface area contributed by atoms with Crippen LogP contribution in [0.25, 0.3) is 0 Å². The molecule has 1 N–H and O–H groups in total. The van der Waals surface area contributed by atoms with Crippen LogP contribution in [0.1, 0.15) is 55.0 Å². The number of nitrogens with one attached hydrogen (secondary N) is 1. The summed E-state index contributed by atoms with van der Waals surface area (Å²) in [6, 6.07) is 10.3. The number of imide groups is 1. The summed E-state index contributed by atoms with van der Waals surface area (Å²) >= 11 is 0. The zero-order valence-corrected chi connectivity index (χ0v) is 16.0. The highest BCUT2D eigenvalue weighted by Gasteiger charge is 2.37. The summed E-state index contributed by atoms with van der Waals surface area (Å²) in [6.45, 7) is 4.85. The molecule has 144 valence electrons. The first-order chi connectivity index (χ1) is 13.5. The van der Waals surface area contributed by atoms with E-state index in [4.69, 9.17) is 4.74 Å². The molecule has 2 aromatic carbocycles. The van der Waals surface area contributed by atoms with E-state index in [1.54, 1.807) is 12.1 Å². The molecule has 2 heterocycles. The lowest BCUT2D eigenvalue weighted by Crippen LogP contribution is -2.36. The number of rotatable bonds is 4. The predicted molar refractivity (Wildman–Crippen MR) is 105 cm³/mol. The van der Waals surface area contributed by atoms with E-state index in [0.717, 1.165) is 29.7 Å². The smallest absolute Gasteiger partial charge is 0.261 e.